The number of hydrogen-bond donors (Lipinski definition) is 2. The molecule has 2 aromatic heterocycles. The van der Waals surface area contributed by atoms with Crippen LogP contribution in [0.3, 0.4) is 0 Å². The molecule has 7 heteroatoms. The minimum atomic E-state index is -0.266. The van der Waals surface area contributed by atoms with Gasteiger partial charge < -0.3 is 24.8 Å². The van der Waals surface area contributed by atoms with E-state index < -0.39 is 0 Å². The van der Waals surface area contributed by atoms with E-state index in [9.17, 15) is 0 Å². The van der Waals surface area contributed by atoms with Gasteiger partial charge in [-0.15, -0.1) is 0 Å². The van der Waals surface area contributed by atoms with Crippen molar-refractivity contribution in [1.29, 1.82) is 0 Å². The molecule has 0 bridgehead atoms. The van der Waals surface area contributed by atoms with Gasteiger partial charge in [-0.2, -0.15) is 0 Å². The van der Waals surface area contributed by atoms with Crippen molar-refractivity contribution < 1.29 is 14.2 Å². The van der Waals surface area contributed by atoms with Crippen LogP contribution in [-0.4, -0.2) is 24.1 Å². The molecule has 0 fully saturated rings. The summed E-state index contributed by atoms with van der Waals surface area (Å²) >= 11 is 0. The van der Waals surface area contributed by atoms with E-state index in [2.05, 4.69) is 26.7 Å². The van der Waals surface area contributed by atoms with Gasteiger partial charge >= 0.3 is 0 Å². The number of nitrogens with zero attached hydrogens (tertiary/aromatic N) is 2. The van der Waals surface area contributed by atoms with Crippen molar-refractivity contribution in [1.82, 2.24) is 15.3 Å². The van der Waals surface area contributed by atoms with Gasteiger partial charge in [0.25, 0.3) is 0 Å². The minimum Gasteiger partial charge on any atom is -0.495 e. The lowest BCUT2D eigenvalue weighted by atomic mass is 10.2. The number of rotatable bonds is 7. The molecule has 7 nitrogen and oxygen atoms in total. The zero-order valence-corrected chi connectivity index (χ0v) is 15.8. The van der Waals surface area contributed by atoms with Crippen LogP contribution in [0.5, 0.6) is 17.2 Å². The van der Waals surface area contributed by atoms with Crippen molar-refractivity contribution in [3.63, 3.8) is 0 Å². The number of anilines is 1. The Balaban J connectivity index is 1.41. The Hall–Kier alpha value is -3.32. The average Bonchev–Trinajstić information content (AvgIpc) is 3.16. The zero-order chi connectivity index (χ0) is 19.3. The Bertz CT molecular complexity index is 947. The summed E-state index contributed by atoms with van der Waals surface area (Å²) in [7, 11) is 3.53. The van der Waals surface area contributed by atoms with E-state index in [0.717, 1.165) is 46.3 Å². The van der Waals surface area contributed by atoms with Gasteiger partial charge in [-0.1, -0.05) is 0 Å². The summed E-state index contributed by atoms with van der Waals surface area (Å²) in [6.45, 7) is 1.14. The smallest absolute Gasteiger partial charge is 0.198 e. The van der Waals surface area contributed by atoms with Crippen LogP contribution >= 0.6 is 0 Å². The molecule has 1 atom stereocenters. The molecule has 1 aliphatic heterocycles. The predicted molar refractivity (Wildman–Crippen MR) is 106 cm³/mol. The molecule has 3 aromatic rings. The van der Waals surface area contributed by atoms with Crippen molar-refractivity contribution in [2.24, 2.45) is 0 Å². The van der Waals surface area contributed by atoms with E-state index in [4.69, 9.17) is 14.2 Å². The van der Waals surface area contributed by atoms with Gasteiger partial charge in [0.1, 0.15) is 23.9 Å². The first-order chi connectivity index (χ1) is 13.7. The highest BCUT2D eigenvalue weighted by molar-refractivity contribution is 5.63. The molecule has 3 heterocycles. The fourth-order valence-corrected chi connectivity index (χ4v) is 2.99. The summed E-state index contributed by atoms with van der Waals surface area (Å²) in [5.74, 6) is 2.26. The van der Waals surface area contributed by atoms with Crippen molar-refractivity contribution in [3.8, 4) is 17.2 Å². The van der Waals surface area contributed by atoms with Gasteiger partial charge in [0.15, 0.2) is 6.23 Å². The number of fused-ring (bicyclic) bond motifs is 1. The Morgan fingerprint density at radius 2 is 2.00 bits per heavy atom. The Morgan fingerprint density at radius 3 is 2.79 bits per heavy atom. The summed E-state index contributed by atoms with van der Waals surface area (Å²) in [4.78, 5) is 8.61. The summed E-state index contributed by atoms with van der Waals surface area (Å²) in [5, 5.41) is 6.51. The minimum absolute atomic E-state index is 0.266. The Labute approximate surface area is 163 Å². The first-order valence-electron chi connectivity index (χ1n) is 9.02. The van der Waals surface area contributed by atoms with Crippen LogP contribution in [0.25, 0.3) is 0 Å². The molecule has 144 valence electrons. The van der Waals surface area contributed by atoms with Gasteiger partial charge in [-0.25, -0.2) is 0 Å². The van der Waals surface area contributed by atoms with Crippen molar-refractivity contribution in [2.45, 2.75) is 19.4 Å². The van der Waals surface area contributed by atoms with Crippen LogP contribution in [0.4, 0.5) is 5.69 Å². The first-order valence-corrected chi connectivity index (χ1v) is 9.02. The van der Waals surface area contributed by atoms with E-state index in [1.54, 1.807) is 13.3 Å². The maximum absolute atomic E-state index is 6.02. The highest BCUT2D eigenvalue weighted by Gasteiger charge is 2.24. The van der Waals surface area contributed by atoms with E-state index in [-0.39, 0.29) is 6.23 Å². The molecule has 1 aromatic carbocycles. The molecule has 0 amide bonds. The Morgan fingerprint density at radius 1 is 1.11 bits per heavy atom. The van der Waals surface area contributed by atoms with Crippen LogP contribution in [0.1, 0.15) is 23.0 Å². The number of nitrogens with one attached hydrogen (secondary N) is 2. The molecule has 0 saturated heterocycles. The lowest BCUT2D eigenvalue weighted by Crippen LogP contribution is -2.12. The molecular formula is C21H22N4O3. The van der Waals surface area contributed by atoms with Gasteiger partial charge in [0.05, 0.1) is 24.7 Å². The van der Waals surface area contributed by atoms with Gasteiger partial charge in [0, 0.05) is 30.6 Å². The number of hydrogen-bond acceptors (Lipinski definition) is 7. The molecule has 2 N–H and O–H groups in total. The monoisotopic (exact) mass is 378 g/mol. The molecule has 28 heavy (non-hydrogen) atoms. The number of pyridine rings is 2. The lowest BCUT2D eigenvalue weighted by molar-refractivity contribution is 0.259. The van der Waals surface area contributed by atoms with Crippen LogP contribution in [0.15, 0.2) is 55.0 Å². The fourth-order valence-electron chi connectivity index (χ4n) is 2.99. The number of benzene rings is 1. The van der Waals surface area contributed by atoms with Crippen LogP contribution in [0.2, 0.25) is 0 Å². The van der Waals surface area contributed by atoms with E-state index in [0.29, 0.717) is 6.61 Å². The summed E-state index contributed by atoms with van der Waals surface area (Å²) in [6, 6.07) is 11.6. The molecular weight excluding hydrogens is 356 g/mol. The SMILES string of the molecule is CNCc1cncc(C2Nc3cc(OCc4ccc(OC)cn4)ccc3O2)c1. The standard InChI is InChI=1S/C21H22N4O3/c1-22-9-14-7-15(11-23-10-14)21-25-19-8-17(5-6-20(19)28-21)27-13-16-3-4-18(26-2)12-24-16/h3-8,10-12,21-22,25H,9,13H2,1-2H3. The van der Waals surface area contributed by atoms with Gasteiger partial charge in [-0.05, 0) is 42.9 Å². The first kappa shape index (κ1) is 18.1. The molecule has 0 radical (unpaired) electrons. The third-order valence-corrected chi connectivity index (χ3v) is 4.40. The maximum atomic E-state index is 6.02. The molecule has 0 saturated carbocycles. The van der Waals surface area contributed by atoms with E-state index >= 15 is 0 Å². The second-order valence-corrected chi connectivity index (χ2v) is 6.44. The van der Waals surface area contributed by atoms with Crippen LogP contribution in [0, 0.1) is 0 Å². The van der Waals surface area contributed by atoms with Crippen molar-refractivity contribution in [2.75, 3.05) is 19.5 Å². The maximum Gasteiger partial charge on any atom is 0.198 e. The Kier molecular flexibility index (Phi) is 5.25. The second-order valence-electron chi connectivity index (χ2n) is 6.44. The normalized spacial score (nSPS) is 14.7. The fraction of sp³-hybridized carbons (Fsp3) is 0.238. The number of ether oxygens (including phenoxy) is 3. The summed E-state index contributed by atoms with van der Waals surface area (Å²) in [6.07, 6.45) is 5.08. The number of methoxy groups -OCH3 is 1. The lowest BCUT2D eigenvalue weighted by Gasteiger charge is -2.12. The van der Waals surface area contributed by atoms with Gasteiger partial charge in [0.2, 0.25) is 0 Å². The van der Waals surface area contributed by atoms with Crippen molar-refractivity contribution >= 4 is 5.69 Å². The highest BCUT2D eigenvalue weighted by atomic mass is 16.5. The van der Waals surface area contributed by atoms with E-state index in [1.807, 2.05) is 49.8 Å². The number of aromatic nitrogens is 2. The highest BCUT2D eigenvalue weighted by Crippen LogP contribution is 2.40. The van der Waals surface area contributed by atoms with Crippen LogP contribution in [-0.2, 0) is 13.2 Å². The van der Waals surface area contributed by atoms with Crippen molar-refractivity contribution in [3.05, 3.63) is 71.8 Å². The third-order valence-electron chi connectivity index (χ3n) is 4.40. The summed E-state index contributed by atoms with van der Waals surface area (Å²) < 4.78 is 17.0. The average molecular weight is 378 g/mol. The summed E-state index contributed by atoms with van der Waals surface area (Å²) in [5.41, 5.74) is 3.81. The molecule has 4 rings (SSSR count). The topological polar surface area (TPSA) is 77.5 Å². The second kappa shape index (κ2) is 8.14. The van der Waals surface area contributed by atoms with Crippen LogP contribution < -0.4 is 24.8 Å². The largest absolute Gasteiger partial charge is 0.495 e. The quantitative estimate of drug-likeness (QED) is 0.653. The molecule has 0 aliphatic carbocycles. The zero-order valence-electron chi connectivity index (χ0n) is 15.8. The van der Waals surface area contributed by atoms with E-state index in [1.165, 1.54) is 0 Å². The molecule has 1 unspecified atom stereocenters. The molecule has 0 spiro atoms. The van der Waals surface area contributed by atoms with Gasteiger partial charge in [-0.3, -0.25) is 9.97 Å². The predicted octanol–water partition coefficient (Wildman–Crippen LogP) is 3.29. The third kappa shape index (κ3) is 3.99. The molecule has 1 aliphatic rings.